The van der Waals surface area contributed by atoms with Crippen molar-refractivity contribution in [3.63, 3.8) is 0 Å². The highest BCUT2D eigenvalue weighted by molar-refractivity contribution is 7.74. The van der Waals surface area contributed by atoms with Crippen molar-refractivity contribution in [1.82, 2.24) is 15.4 Å². The van der Waals surface area contributed by atoms with Gasteiger partial charge in [0.15, 0.2) is 11.5 Å². The summed E-state index contributed by atoms with van der Waals surface area (Å²) >= 11 is -2.71. The van der Waals surface area contributed by atoms with E-state index in [9.17, 15) is 8.76 Å². The fraction of sp³-hybridized carbons (Fsp3) is 0.222. The lowest BCUT2D eigenvalue weighted by Gasteiger charge is -2.13. The van der Waals surface area contributed by atoms with Crippen LogP contribution < -0.4 is 8.92 Å². The molecule has 0 bridgehead atoms. The quantitative estimate of drug-likeness (QED) is 0.690. The number of aromatic amines is 1. The summed E-state index contributed by atoms with van der Waals surface area (Å²) < 4.78 is 31.8. The molecule has 0 radical (unpaired) electrons. The van der Waals surface area contributed by atoms with Gasteiger partial charge in [-0.05, 0) is 67.8 Å². The molecule has 0 amide bonds. The van der Waals surface area contributed by atoms with Gasteiger partial charge in [0.05, 0.1) is 7.11 Å². The molecule has 1 unspecified atom stereocenters. The minimum absolute atomic E-state index is 0.0866. The number of rotatable bonds is 5. The Kier molecular flexibility index (Phi) is 5.06. The number of methoxy groups -OCH3 is 1. The third-order valence-corrected chi connectivity index (χ3v) is 4.66. The molecule has 0 aliphatic heterocycles. The fourth-order valence-electron chi connectivity index (χ4n) is 2.77. The van der Waals surface area contributed by atoms with Crippen LogP contribution in [0, 0.1) is 20.8 Å². The zero-order valence-electron chi connectivity index (χ0n) is 14.8. The predicted octanol–water partition coefficient (Wildman–Crippen LogP) is 3.25. The Morgan fingerprint density at radius 3 is 2.15 bits per heavy atom. The average Bonchev–Trinajstić information content (AvgIpc) is 3.08. The van der Waals surface area contributed by atoms with Crippen LogP contribution in [0.5, 0.6) is 11.5 Å². The van der Waals surface area contributed by atoms with Gasteiger partial charge in [0.25, 0.3) is 0 Å². The minimum atomic E-state index is -2.71. The molecule has 8 heteroatoms. The summed E-state index contributed by atoms with van der Waals surface area (Å²) in [5.74, 6) is 0.397. The molecule has 1 atom stereocenters. The molecule has 1 N–H and O–H groups in total. The van der Waals surface area contributed by atoms with E-state index in [4.69, 9.17) is 8.92 Å². The molecule has 136 valence electrons. The number of nitrogens with one attached hydrogen (secondary N) is 1. The topological polar surface area (TPSA) is 100 Å². The Morgan fingerprint density at radius 2 is 1.58 bits per heavy atom. The van der Waals surface area contributed by atoms with Crippen LogP contribution in [0.2, 0.25) is 0 Å². The molecule has 0 saturated carbocycles. The van der Waals surface area contributed by atoms with Gasteiger partial charge in [0.1, 0.15) is 22.7 Å². The summed E-state index contributed by atoms with van der Waals surface area (Å²) in [6, 6.07) is 9.06. The molecule has 3 rings (SSSR count). The van der Waals surface area contributed by atoms with E-state index in [0.29, 0.717) is 22.7 Å². The van der Waals surface area contributed by atoms with Crippen LogP contribution in [0.25, 0.3) is 22.5 Å². The standard InChI is InChI=1S/C18H19N3O4S/c1-10-7-14(8-11(2)12(10)3)18-17(19-21-20-18)13-5-6-15(24-4)16(9-13)25-26(22)23/h5-9H,1-4H3,(H,22,23)(H,19,20,21)/p-1. The Morgan fingerprint density at radius 1 is 0.962 bits per heavy atom. The third-order valence-electron chi connectivity index (χ3n) is 4.34. The Balaban J connectivity index is 2.10. The molecule has 7 nitrogen and oxygen atoms in total. The van der Waals surface area contributed by atoms with E-state index < -0.39 is 11.4 Å². The summed E-state index contributed by atoms with van der Waals surface area (Å²) in [4.78, 5) is 0. The smallest absolute Gasteiger partial charge is 0.181 e. The van der Waals surface area contributed by atoms with E-state index in [1.807, 2.05) is 0 Å². The van der Waals surface area contributed by atoms with Crippen molar-refractivity contribution < 1.29 is 17.7 Å². The number of aryl methyl sites for hydroxylation is 2. The van der Waals surface area contributed by atoms with Crippen LogP contribution in [-0.2, 0) is 11.4 Å². The van der Waals surface area contributed by atoms with Gasteiger partial charge in [-0.3, -0.25) is 0 Å². The van der Waals surface area contributed by atoms with Crippen molar-refractivity contribution in [3.05, 3.63) is 47.0 Å². The summed E-state index contributed by atoms with van der Waals surface area (Å²) in [6.45, 7) is 6.18. The molecular formula is C18H18N3O4S-. The first-order chi connectivity index (χ1) is 12.4. The maximum Gasteiger partial charge on any atom is 0.181 e. The maximum absolute atomic E-state index is 10.9. The highest BCUT2D eigenvalue weighted by atomic mass is 32.2. The van der Waals surface area contributed by atoms with Crippen LogP contribution in [0.15, 0.2) is 30.3 Å². The largest absolute Gasteiger partial charge is 0.740 e. The van der Waals surface area contributed by atoms with Crippen LogP contribution in [0.1, 0.15) is 16.7 Å². The van der Waals surface area contributed by atoms with Gasteiger partial charge in [-0.1, -0.05) is 0 Å². The second-order valence-electron chi connectivity index (χ2n) is 5.91. The van der Waals surface area contributed by atoms with Crippen LogP contribution in [0.3, 0.4) is 0 Å². The molecule has 3 aromatic rings. The van der Waals surface area contributed by atoms with Crippen molar-refractivity contribution >= 4 is 11.4 Å². The first-order valence-corrected chi connectivity index (χ1v) is 8.85. The number of hydrogen-bond donors (Lipinski definition) is 1. The number of ether oxygens (including phenoxy) is 1. The van der Waals surface area contributed by atoms with Crippen molar-refractivity contribution in [1.29, 1.82) is 0 Å². The van der Waals surface area contributed by atoms with Gasteiger partial charge in [-0.25, -0.2) is 4.21 Å². The first kappa shape index (κ1) is 18.1. The lowest BCUT2D eigenvalue weighted by atomic mass is 9.97. The van der Waals surface area contributed by atoms with Crippen molar-refractivity contribution in [3.8, 4) is 34.0 Å². The van der Waals surface area contributed by atoms with Crippen LogP contribution in [0.4, 0.5) is 0 Å². The molecule has 0 spiro atoms. The second kappa shape index (κ2) is 7.27. The van der Waals surface area contributed by atoms with E-state index in [1.165, 1.54) is 12.7 Å². The predicted molar refractivity (Wildman–Crippen MR) is 97.6 cm³/mol. The van der Waals surface area contributed by atoms with E-state index in [-0.39, 0.29) is 5.75 Å². The first-order valence-electron chi connectivity index (χ1n) is 7.85. The van der Waals surface area contributed by atoms with E-state index in [1.54, 1.807) is 18.2 Å². The summed E-state index contributed by atoms with van der Waals surface area (Å²) in [5, 5.41) is 11.2. The Labute approximate surface area is 153 Å². The maximum atomic E-state index is 10.9. The van der Waals surface area contributed by atoms with Crippen LogP contribution in [-0.4, -0.2) is 31.3 Å². The van der Waals surface area contributed by atoms with E-state index >= 15 is 0 Å². The molecule has 2 aromatic carbocycles. The zero-order valence-corrected chi connectivity index (χ0v) is 15.6. The van der Waals surface area contributed by atoms with Gasteiger partial charge in [0.2, 0.25) is 0 Å². The van der Waals surface area contributed by atoms with Gasteiger partial charge in [-0.2, -0.15) is 15.4 Å². The SMILES string of the molecule is COc1ccc(-c2n[nH]nc2-c2cc(C)c(C)c(C)c2)cc1OS(=O)[O-]. The summed E-state index contributed by atoms with van der Waals surface area (Å²) in [6.07, 6.45) is 0. The van der Waals surface area contributed by atoms with Crippen molar-refractivity contribution in [2.24, 2.45) is 0 Å². The van der Waals surface area contributed by atoms with E-state index in [0.717, 1.165) is 16.7 Å². The number of H-pyrrole nitrogens is 1. The summed E-state index contributed by atoms with van der Waals surface area (Å²) in [7, 11) is 1.44. The molecule has 0 saturated heterocycles. The molecule has 0 aliphatic rings. The van der Waals surface area contributed by atoms with E-state index in [2.05, 4.69) is 48.3 Å². The third kappa shape index (κ3) is 3.47. The highest BCUT2D eigenvalue weighted by Gasteiger charge is 2.16. The number of nitrogens with zero attached hydrogens (tertiary/aromatic N) is 2. The number of benzene rings is 2. The Hall–Kier alpha value is -2.71. The normalized spacial score (nSPS) is 12.0. The molecule has 0 fully saturated rings. The molecule has 26 heavy (non-hydrogen) atoms. The minimum Gasteiger partial charge on any atom is -0.740 e. The number of aromatic nitrogens is 3. The van der Waals surface area contributed by atoms with Crippen LogP contribution >= 0.6 is 0 Å². The lowest BCUT2D eigenvalue weighted by molar-refractivity contribution is 0.383. The summed E-state index contributed by atoms with van der Waals surface area (Å²) in [5.41, 5.74) is 6.42. The van der Waals surface area contributed by atoms with Gasteiger partial charge in [0, 0.05) is 11.1 Å². The monoisotopic (exact) mass is 372 g/mol. The fourth-order valence-corrected chi connectivity index (χ4v) is 3.05. The van der Waals surface area contributed by atoms with Crippen molar-refractivity contribution in [2.75, 3.05) is 7.11 Å². The molecule has 0 aliphatic carbocycles. The molecule has 1 aromatic heterocycles. The zero-order chi connectivity index (χ0) is 18.8. The average molecular weight is 372 g/mol. The lowest BCUT2D eigenvalue weighted by Crippen LogP contribution is -2.00. The Bertz CT molecular complexity index is 961. The van der Waals surface area contributed by atoms with Crippen molar-refractivity contribution in [2.45, 2.75) is 20.8 Å². The molecule has 1 heterocycles. The second-order valence-corrected chi connectivity index (χ2v) is 6.48. The highest BCUT2D eigenvalue weighted by Crippen LogP contribution is 2.36. The van der Waals surface area contributed by atoms with Gasteiger partial charge in [-0.15, -0.1) is 0 Å². The van der Waals surface area contributed by atoms with Gasteiger partial charge >= 0.3 is 0 Å². The number of hydrogen-bond acceptors (Lipinski definition) is 6. The van der Waals surface area contributed by atoms with Gasteiger partial charge < -0.3 is 13.5 Å². The molecular weight excluding hydrogens is 354 g/mol.